The monoisotopic (exact) mass is 426 g/mol. The average Bonchev–Trinajstić information content (AvgIpc) is 2.65. The molecule has 0 aliphatic carbocycles. The molecule has 28 heavy (non-hydrogen) atoms. The lowest BCUT2D eigenvalue weighted by molar-refractivity contribution is 0.155. The van der Waals surface area contributed by atoms with Crippen molar-refractivity contribution < 1.29 is 17.9 Å². The van der Waals surface area contributed by atoms with Crippen molar-refractivity contribution in [1.29, 1.82) is 0 Å². The minimum absolute atomic E-state index is 0. The molecule has 1 heterocycles. The van der Waals surface area contributed by atoms with Gasteiger partial charge in [0.25, 0.3) is 0 Å². The molecule has 0 bridgehead atoms. The van der Waals surface area contributed by atoms with Crippen LogP contribution < -0.4 is 15.2 Å². The highest BCUT2D eigenvalue weighted by Crippen LogP contribution is 2.32. The molecule has 0 aromatic heterocycles. The third kappa shape index (κ3) is 4.78. The zero-order valence-corrected chi connectivity index (χ0v) is 17.9. The molecule has 1 saturated heterocycles. The van der Waals surface area contributed by atoms with Crippen LogP contribution in [0.1, 0.15) is 20.3 Å². The maximum Gasteiger partial charge on any atom is 0.243 e. The maximum atomic E-state index is 13.0. The number of rotatable bonds is 5. The Morgan fingerprint density at radius 2 is 1.50 bits per heavy atom. The van der Waals surface area contributed by atoms with Crippen LogP contribution in [0.5, 0.6) is 17.2 Å². The predicted molar refractivity (Wildman–Crippen MR) is 112 cm³/mol. The molecule has 1 aliphatic rings. The second kappa shape index (κ2) is 8.69. The molecule has 0 spiro atoms. The second-order valence-electron chi connectivity index (χ2n) is 7.47. The number of hydrogen-bond donors (Lipinski definition) is 1. The minimum Gasteiger partial charge on any atom is -0.497 e. The van der Waals surface area contributed by atoms with Crippen LogP contribution in [-0.2, 0) is 10.0 Å². The third-order valence-electron chi connectivity index (χ3n) is 5.03. The Hall–Kier alpha value is -1.80. The van der Waals surface area contributed by atoms with E-state index in [0.717, 1.165) is 5.75 Å². The van der Waals surface area contributed by atoms with Crippen LogP contribution in [0.3, 0.4) is 0 Å². The highest BCUT2D eigenvalue weighted by Gasteiger charge is 2.38. The lowest BCUT2D eigenvalue weighted by atomic mass is 9.81. The molecule has 1 aliphatic heterocycles. The molecule has 2 aromatic rings. The summed E-state index contributed by atoms with van der Waals surface area (Å²) in [5.41, 5.74) is 5.87. The van der Waals surface area contributed by atoms with E-state index in [-0.39, 0.29) is 28.8 Å². The molecular weight excluding hydrogens is 400 g/mol. The lowest BCUT2D eigenvalue weighted by Gasteiger charge is -2.41. The summed E-state index contributed by atoms with van der Waals surface area (Å²) < 4.78 is 38.3. The number of sulfonamides is 1. The standard InChI is InChI=1S/C20H26N2O4S.ClH/c1-20(2)14-22(13-12-19(20)21)27(23,24)18-10-8-17(9-11-18)26-16-6-4-15(25-3)5-7-16;/h4-11,19H,12-14,21H2,1-3H3;1H. The summed E-state index contributed by atoms with van der Waals surface area (Å²) in [4.78, 5) is 0.260. The second-order valence-corrected chi connectivity index (χ2v) is 9.41. The SMILES string of the molecule is COc1ccc(Oc2ccc(S(=O)(=O)N3CCC(N)C(C)(C)C3)cc2)cc1.Cl. The van der Waals surface area contributed by atoms with Crippen LogP contribution in [0.4, 0.5) is 0 Å². The van der Waals surface area contributed by atoms with Crippen LogP contribution in [-0.4, -0.2) is 39.0 Å². The molecule has 8 heteroatoms. The fourth-order valence-corrected chi connectivity index (χ4v) is 4.77. The van der Waals surface area contributed by atoms with Crippen molar-refractivity contribution in [3.8, 4) is 17.2 Å². The quantitative estimate of drug-likeness (QED) is 0.788. The van der Waals surface area contributed by atoms with Gasteiger partial charge in [0.2, 0.25) is 10.0 Å². The summed E-state index contributed by atoms with van der Waals surface area (Å²) in [7, 11) is -1.95. The van der Waals surface area contributed by atoms with Gasteiger partial charge in [-0.1, -0.05) is 13.8 Å². The van der Waals surface area contributed by atoms with Gasteiger partial charge in [-0.3, -0.25) is 0 Å². The topological polar surface area (TPSA) is 81.9 Å². The number of piperidine rings is 1. The molecular formula is C20H27ClN2O4S. The van der Waals surface area contributed by atoms with Crippen molar-refractivity contribution in [2.75, 3.05) is 20.2 Å². The number of methoxy groups -OCH3 is 1. The van der Waals surface area contributed by atoms with Gasteiger partial charge in [-0.05, 0) is 60.4 Å². The summed E-state index contributed by atoms with van der Waals surface area (Å²) in [5, 5.41) is 0. The highest BCUT2D eigenvalue weighted by molar-refractivity contribution is 7.89. The van der Waals surface area contributed by atoms with Crippen LogP contribution in [0.25, 0.3) is 0 Å². The van der Waals surface area contributed by atoms with E-state index in [0.29, 0.717) is 31.0 Å². The Morgan fingerprint density at radius 3 is 2.00 bits per heavy atom. The molecule has 1 fully saturated rings. The van der Waals surface area contributed by atoms with Gasteiger partial charge in [0.05, 0.1) is 12.0 Å². The van der Waals surface area contributed by atoms with Crippen LogP contribution in [0, 0.1) is 5.41 Å². The van der Waals surface area contributed by atoms with E-state index >= 15 is 0 Å². The molecule has 2 aromatic carbocycles. The molecule has 6 nitrogen and oxygen atoms in total. The minimum atomic E-state index is -3.55. The highest BCUT2D eigenvalue weighted by atomic mass is 35.5. The van der Waals surface area contributed by atoms with Crippen molar-refractivity contribution in [3.63, 3.8) is 0 Å². The maximum absolute atomic E-state index is 13.0. The first-order chi connectivity index (χ1) is 12.7. The summed E-state index contributed by atoms with van der Waals surface area (Å²) in [6, 6.07) is 13.7. The van der Waals surface area contributed by atoms with E-state index in [9.17, 15) is 8.42 Å². The van der Waals surface area contributed by atoms with Crippen molar-refractivity contribution in [3.05, 3.63) is 48.5 Å². The molecule has 3 rings (SSSR count). The van der Waals surface area contributed by atoms with Gasteiger partial charge in [-0.25, -0.2) is 8.42 Å². The van der Waals surface area contributed by atoms with E-state index in [2.05, 4.69) is 0 Å². The number of ether oxygens (including phenoxy) is 2. The molecule has 0 amide bonds. The number of nitrogens with two attached hydrogens (primary N) is 1. The predicted octanol–water partition coefficient (Wildman–Crippen LogP) is 3.66. The number of benzene rings is 2. The largest absolute Gasteiger partial charge is 0.497 e. The van der Waals surface area contributed by atoms with Gasteiger partial charge in [-0.15, -0.1) is 12.4 Å². The lowest BCUT2D eigenvalue weighted by Crippen LogP contribution is -2.53. The van der Waals surface area contributed by atoms with E-state index in [1.165, 1.54) is 4.31 Å². The molecule has 154 valence electrons. The van der Waals surface area contributed by atoms with Gasteiger partial charge in [0, 0.05) is 19.1 Å². The van der Waals surface area contributed by atoms with Gasteiger partial charge in [-0.2, -0.15) is 4.31 Å². The summed E-state index contributed by atoms with van der Waals surface area (Å²) >= 11 is 0. The third-order valence-corrected chi connectivity index (χ3v) is 6.89. The Labute approximate surface area is 173 Å². The number of halogens is 1. The van der Waals surface area contributed by atoms with Gasteiger partial charge in [0.15, 0.2) is 0 Å². The van der Waals surface area contributed by atoms with Crippen molar-refractivity contribution in [2.24, 2.45) is 11.1 Å². The smallest absolute Gasteiger partial charge is 0.243 e. The summed E-state index contributed by atoms with van der Waals surface area (Å²) in [5.74, 6) is 1.96. The Morgan fingerprint density at radius 1 is 1.00 bits per heavy atom. The van der Waals surface area contributed by atoms with E-state index in [1.54, 1.807) is 55.6 Å². The normalized spacial score (nSPS) is 19.5. The summed E-state index contributed by atoms with van der Waals surface area (Å²) in [6.45, 7) is 4.87. The van der Waals surface area contributed by atoms with Crippen LogP contribution in [0.2, 0.25) is 0 Å². The molecule has 1 unspecified atom stereocenters. The molecule has 2 N–H and O–H groups in total. The van der Waals surface area contributed by atoms with Crippen LogP contribution in [0.15, 0.2) is 53.4 Å². The number of nitrogens with zero attached hydrogens (tertiary/aromatic N) is 1. The molecule has 1 atom stereocenters. The Bertz CT molecular complexity index is 883. The first-order valence-corrected chi connectivity index (χ1v) is 10.3. The fraction of sp³-hybridized carbons (Fsp3) is 0.400. The van der Waals surface area contributed by atoms with Gasteiger partial charge < -0.3 is 15.2 Å². The number of hydrogen-bond acceptors (Lipinski definition) is 5. The summed E-state index contributed by atoms with van der Waals surface area (Å²) in [6.07, 6.45) is 0.658. The average molecular weight is 427 g/mol. The van der Waals surface area contributed by atoms with Gasteiger partial charge >= 0.3 is 0 Å². The molecule has 0 saturated carbocycles. The van der Waals surface area contributed by atoms with Crippen LogP contribution >= 0.6 is 12.4 Å². The zero-order valence-electron chi connectivity index (χ0n) is 16.3. The molecule has 0 radical (unpaired) electrons. The first-order valence-electron chi connectivity index (χ1n) is 8.90. The fourth-order valence-electron chi connectivity index (χ4n) is 3.14. The van der Waals surface area contributed by atoms with Crippen molar-refractivity contribution in [2.45, 2.75) is 31.2 Å². The zero-order chi connectivity index (χ0) is 19.7. The van der Waals surface area contributed by atoms with Crippen molar-refractivity contribution in [1.82, 2.24) is 4.31 Å². The van der Waals surface area contributed by atoms with E-state index in [4.69, 9.17) is 15.2 Å². The first kappa shape index (κ1) is 22.5. The van der Waals surface area contributed by atoms with E-state index in [1.807, 2.05) is 13.8 Å². The van der Waals surface area contributed by atoms with Gasteiger partial charge in [0.1, 0.15) is 17.2 Å². The Balaban J connectivity index is 0.00000280. The van der Waals surface area contributed by atoms with Crippen molar-refractivity contribution >= 4 is 22.4 Å². The Kier molecular flexibility index (Phi) is 6.98. The van der Waals surface area contributed by atoms with E-state index < -0.39 is 10.0 Å².